The van der Waals surface area contributed by atoms with Gasteiger partial charge in [-0.3, -0.25) is 4.99 Å². The van der Waals surface area contributed by atoms with Crippen molar-refractivity contribution in [2.24, 2.45) is 10.9 Å². The summed E-state index contributed by atoms with van der Waals surface area (Å²) in [4.78, 5) is 4.21. The molecule has 1 aliphatic rings. The van der Waals surface area contributed by atoms with E-state index in [1.165, 1.54) is 5.56 Å². The minimum atomic E-state index is 0. The second kappa shape index (κ2) is 12.3. The monoisotopic (exact) mass is 463 g/mol. The Morgan fingerprint density at radius 3 is 2.88 bits per heavy atom. The number of guanidine groups is 1. The number of methoxy groups -OCH3 is 1. The van der Waals surface area contributed by atoms with E-state index in [-0.39, 0.29) is 24.0 Å². The van der Waals surface area contributed by atoms with Crippen molar-refractivity contribution in [3.05, 3.63) is 29.3 Å². The molecule has 1 aromatic carbocycles. The van der Waals surface area contributed by atoms with Crippen LogP contribution in [0.15, 0.2) is 23.2 Å². The van der Waals surface area contributed by atoms with Crippen molar-refractivity contribution in [1.82, 2.24) is 10.6 Å². The van der Waals surface area contributed by atoms with Crippen LogP contribution in [0.4, 0.5) is 0 Å². The van der Waals surface area contributed by atoms with Gasteiger partial charge in [-0.2, -0.15) is 0 Å². The van der Waals surface area contributed by atoms with Crippen LogP contribution in [0.5, 0.6) is 5.75 Å². The minimum Gasteiger partial charge on any atom is -0.493 e. The molecule has 1 fully saturated rings. The molecule has 2 rings (SSSR count). The predicted octanol–water partition coefficient (Wildman–Crippen LogP) is 2.34. The summed E-state index contributed by atoms with van der Waals surface area (Å²) in [7, 11) is 3.44. The number of rotatable bonds is 8. The average molecular weight is 463 g/mol. The molecule has 0 spiro atoms. The van der Waals surface area contributed by atoms with E-state index in [0.29, 0.717) is 25.7 Å². The lowest BCUT2D eigenvalue weighted by Crippen LogP contribution is -2.38. The molecule has 1 unspecified atom stereocenters. The van der Waals surface area contributed by atoms with Crippen LogP contribution in [0.2, 0.25) is 0 Å². The molecule has 0 amide bonds. The van der Waals surface area contributed by atoms with Crippen molar-refractivity contribution >= 4 is 29.9 Å². The average Bonchev–Trinajstić information content (AvgIpc) is 3.11. The molecular formula is C18H30IN3O3. The molecule has 0 aromatic heterocycles. The summed E-state index contributed by atoms with van der Waals surface area (Å²) in [6.45, 7) is 6.45. The lowest BCUT2D eigenvalue weighted by Gasteiger charge is -2.16. The maximum atomic E-state index is 6.07. The Morgan fingerprint density at radius 2 is 2.20 bits per heavy atom. The molecule has 142 valence electrons. The molecule has 1 aliphatic heterocycles. The van der Waals surface area contributed by atoms with Crippen molar-refractivity contribution in [3.8, 4) is 5.75 Å². The van der Waals surface area contributed by atoms with E-state index in [2.05, 4.69) is 40.7 Å². The first-order valence-corrected chi connectivity index (χ1v) is 8.46. The maximum absolute atomic E-state index is 6.07. The molecule has 0 bridgehead atoms. The fourth-order valence-corrected chi connectivity index (χ4v) is 2.54. The molecule has 1 heterocycles. The van der Waals surface area contributed by atoms with Crippen LogP contribution >= 0.6 is 24.0 Å². The summed E-state index contributed by atoms with van der Waals surface area (Å²) in [6, 6.07) is 6.29. The summed E-state index contributed by atoms with van der Waals surface area (Å²) in [5.41, 5.74) is 2.31. The smallest absolute Gasteiger partial charge is 0.191 e. The summed E-state index contributed by atoms with van der Waals surface area (Å²) in [5.74, 6) is 2.18. The Kier molecular flexibility index (Phi) is 10.8. The Balaban J connectivity index is 0.00000312. The molecule has 1 atom stereocenters. The molecular weight excluding hydrogens is 433 g/mol. The van der Waals surface area contributed by atoms with Gasteiger partial charge in [0.25, 0.3) is 0 Å². The zero-order chi connectivity index (χ0) is 17.2. The highest BCUT2D eigenvalue weighted by Gasteiger charge is 2.17. The molecule has 1 aromatic rings. The number of halogens is 1. The van der Waals surface area contributed by atoms with Crippen LogP contribution in [0, 0.1) is 12.8 Å². The molecule has 6 nitrogen and oxygen atoms in total. The van der Waals surface area contributed by atoms with Crippen molar-refractivity contribution in [2.75, 3.05) is 47.1 Å². The maximum Gasteiger partial charge on any atom is 0.191 e. The van der Waals surface area contributed by atoms with Crippen LogP contribution < -0.4 is 15.4 Å². The van der Waals surface area contributed by atoms with E-state index in [1.54, 1.807) is 14.2 Å². The Hall–Kier alpha value is -1.06. The zero-order valence-corrected chi connectivity index (χ0v) is 17.7. The first-order chi connectivity index (χ1) is 11.7. The van der Waals surface area contributed by atoms with Crippen LogP contribution in [0.25, 0.3) is 0 Å². The SMILES string of the molecule is CN=C(NCCOC)NCc1ccc(C)cc1OCC1CCOC1.I. The van der Waals surface area contributed by atoms with E-state index in [9.17, 15) is 0 Å². The van der Waals surface area contributed by atoms with Crippen molar-refractivity contribution < 1.29 is 14.2 Å². The lowest BCUT2D eigenvalue weighted by molar-refractivity contribution is 0.166. The van der Waals surface area contributed by atoms with Gasteiger partial charge in [-0.25, -0.2) is 0 Å². The Morgan fingerprint density at radius 1 is 1.36 bits per heavy atom. The van der Waals surface area contributed by atoms with E-state index < -0.39 is 0 Å². The van der Waals surface area contributed by atoms with Gasteiger partial charge in [0.15, 0.2) is 5.96 Å². The van der Waals surface area contributed by atoms with Crippen LogP contribution in [0.1, 0.15) is 17.5 Å². The van der Waals surface area contributed by atoms with E-state index in [0.717, 1.165) is 43.5 Å². The fourth-order valence-electron chi connectivity index (χ4n) is 2.54. The Bertz CT molecular complexity index is 534. The van der Waals surface area contributed by atoms with Crippen LogP contribution in [0.3, 0.4) is 0 Å². The number of hydrogen-bond acceptors (Lipinski definition) is 4. The number of nitrogens with one attached hydrogen (secondary N) is 2. The van der Waals surface area contributed by atoms with Crippen molar-refractivity contribution in [2.45, 2.75) is 19.9 Å². The molecule has 0 saturated carbocycles. The third-order valence-electron chi connectivity index (χ3n) is 3.99. The highest BCUT2D eigenvalue weighted by molar-refractivity contribution is 14.0. The number of ether oxygens (including phenoxy) is 3. The number of nitrogens with zero attached hydrogens (tertiary/aromatic N) is 1. The molecule has 7 heteroatoms. The third-order valence-corrected chi connectivity index (χ3v) is 3.99. The van der Waals surface area contributed by atoms with Gasteiger partial charge < -0.3 is 24.8 Å². The van der Waals surface area contributed by atoms with E-state index in [1.807, 2.05) is 0 Å². The fraction of sp³-hybridized carbons (Fsp3) is 0.611. The number of hydrogen-bond donors (Lipinski definition) is 2. The van der Waals surface area contributed by atoms with Gasteiger partial charge >= 0.3 is 0 Å². The van der Waals surface area contributed by atoms with Crippen LogP contribution in [-0.4, -0.2) is 53.1 Å². The minimum absolute atomic E-state index is 0. The number of aliphatic imine (C=N–C) groups is 1. The predicted molar refractivity (Wildman–Crippen MR) is 111 cm³/mol. The normalized spacial score (nSPS) is 17.1. The molecule has 25 heavy (non-hydrogen) atoms. The standard InChI is InChI=1S/C18H29N3O3.HI/c1-14-4-5-16(11-21-18(19-2)20-7-9-22-3)17(10-14)24-13-15-6-8-23-12-15;/h4-5,10,15H,6-9,11-13H2,1-3H3,(H2,19,20,21);1H. The quantitative estimate of drug-likeness (QED) is 0.268. The topological polar surface area (TPSA) is 64.1 Å². The van der Waals surface area contributed by atoms with Crippen LogP contribution in [-0.2, 0) is 16.0 Å². The lowest BCUT2D eigenvalue weighted by atomic mass is 10.1. The van der Waals surface area contributed by atoms with Gasteiger partial charge in [-0.05, 0) is 25.0 Å². The van der Waals surface area contributed by atoms with Gasteiger partial charge in [-0.15, -0.1) is 24.0 Å². The molecule has 0 aliphatic carbocycles. The van der Waals surface area contributed by atoms with Crippen molar-refractivity contribution in [1.29, 1.82) is 0 Å². The molecule has 0 radical (unpaired) electrons. The van der Waals surface area contributed by atoms with Crippen molar-refractivity contribution in [3.63, 3.8) is 0 Å². The summed E-state index contributed by atoms with van der Waals surface area (Å²) < 4.78 is 16.5. The van der Waals surface area contributed by atoms with Gasteiger partial charge in [0, 0.05) is 45.3 Å². The van der Waals surface area contributed by atoms with E-state index in [4.69, 9.17) is 14.2 Å². The first-order valence-electron chi connectivity index (χ1n) is 8.46. The Labute approximate surface area is 167 Å². The highest BCUT2D eigenvalue weighted by atomic mass is 127. The van der Waals surface area contributed by atoms with E-state index >= 15 is 0 Å². The molecule has 1 saturated heterocycles. The summed E-state index contributed by atoms with van der Waals surface area (Å²) in [5, 5.41) is 6.52. The highest BCUT2D eigenvalue weighted by Crippen LogP contribution is 2.22. The number of benzene rings is 1. The van der Waals surface area contributed by atoms with Gasteiger partial charge in [-0.1, -0.05) is 12.1 Å². The summed E-state index contributed by atoms with van der Waals surface area (Å²) in [6.07, 6.45) is 1.08. The zero-order valence-electron chi connectivity index (χ0n) is 15.3. The number of aryl methyl sites for hydroxylation is 1. The largest absolute Gasteiger partial charge is 0.493 e. The first kappa shape index (κ1) is 22.0. The van der Waals surface area contributed by atoms with Gasteiger partial charge in [0.1, 0.15) is 5.75 Å². The second-order valence-corrected chi connectivity index (χ2v) is 6.00. The summed E-state index contributed by atoms with van der Waals surface area (Å²) >= 11 is 0. The van der Waals surface area contributed by atoms with Gasteiger partial charge in [0.05, 0.1) is 19.8 Å². The van der Waals surface area contributed by atoms with Gasteiger partial charge in [0.2, 0.25) is 0 Å². The second-order valence-electron chi connectivity index (χ2n) is 6.00. The third kappa shape index (κ3) is 7.79. The molecule has 2 N–H and O–H groups in total.